The number of carboxylic acids is 2. The van der Waals surface area contributed by atoms with Crippen LogP contribution in [-0.2, 0) is 30.3 Å². The van der Waals surface area contributed by atoms with Crippen LogP contribution in [0.5, 0.6) is 0 Å². The fourth-order valence-corrected chi connectivity index (χ4v) is 3.74. The second-order valence-corrected chi connectivity index (χ2v) is 7.51. The molecule has 3 N–H and O–H groups in total. The molecule has 1 aromatic rings. The number of ether oxygens (including phenoxy) is 1. The Balaban J connectivity index is 2.12. The number of carbonyl (C=O) groups is 4. The third kappa shape index (κ3) is 7.36. The first-order chi connectivity index (χ1) is 14.8. The van der Waals surface area contributed by atoms with Crippen LogP contribution in [-0.4, -0.2) is 70.2 Å². The van der Waals surface area contributed by atoms with Gasteiger partial charge >= 0.3 is 17.9 Å². The van der Waals surface area contributed by atoms with E-state index in [1.165, 1.54) is 4.90 Å². The summed E-state index contributed by atoms with van der Waals surface area (Å²) in [4.78, 5) is 49.5. The highest BCUT2D eigenvalue weighted by atomic mass is 16.5. The summed E-state index contributed by atoms with van der Waals surface area (Å²) in [7, 11) is 0. The Bertz CT molecular complexity index is 768. The van der Waals surface area contributed by atoms with Gasteiger partial charge in [0.05, 0.1) is 12.6 Å². The summed E-state index contributed by atoms with van der Waals surface area (Å²) in [5.41, 5.74) is 0.968. The zero-order chi connectivity index (χ0) is 22.8. The second-order valence-electron chi connectivity index (χ2n) is 7.51. The zero-order valence-corrected chi connectivity index (χ0v) is 17.7. The van der Waals surface area contributed by atoms with E-state index in [0.29, 0.717) is 19.3 Å². The SMILES string of the molecule is CCOC(=O)CCC(NC(CCc1ccccc1)C(=O)O)C(=O)N1CCC[C@H]1C(=O)O. The number of hydrogen-bond acceptors (Lipinski definition) is 6. The monoisotopic (exact) mass is 434 g/mol. The number of aliphatic carboxylic acids is 2. The quantitative estimate of drug-likeness (QED) is 0.421. The fourth-order valence-electron chi connectivity index (χ4n) is 3.74. The lowest BCUT2D eigenvalue weighted by atomic mass is 10.0. The van der Waals surface area contributed by atoms with Crippen LogP contribution < -0.4 is 5.32 Å². The number of carbonyl (C=O) groups excluding carboxylic acids is 2. The van der Waals surface area contributed by atoms with E-state index in [2.05, 4.69) is 5.32 Å². The molecule has 0 spiro atoms. The Kier molecular flexibility index (Phi) is 9.45. The van der Waals surface area contributed by atoms with E-state index in [9.17, 15) is 29.4 Å². The van der Waals surface area contributed by atoms with E-state index in [0.717, 1.165) is 5.56 Å². The molecule has 1 saturated heterocycles. The lowest BCUT2D eigenvalue weighted by Crippen LogP contribution is -2.54. The summed E-state index contributed by atoms with van der Waals surface area (Å²) >= 11 is 0. The molecule has 170 valence electrons. The Morgan fingerprint density at radius 3 is 2.45 bits per heavy atom. The van der Waals surface area contributed by atoms with Crippen molar-refractivity contribution in [3.8, 4) is 0 Å². The number of nitrogens with zero attached hydrogens (tertiary/aromatic N) is 1. The van der Waals surface area contributed by atoms with Gasteiger partial charge < -0.3 is 19.8 Å². The molecule has 9 heteroatoms. The van der Waals surface area contributed by atoms with Crippen LogP contribution in [0.3, 0.4) is 0 Å². The van der Waals surface area contributed by atoms with E-state index in [-0.39, 0.29) is 32.4 Å². The molecule has 0 aromatic heterocycles. The summed E-state index contributed by atoms with van der Waals surface area (Å²) in [6, 6.07) is 6.42. The Labute approximate surface area is 181 Å². The summed E-state index contributed by atoms with van der Waals surface area (Å²) in [5, 5.41) is 21.9. The van der Waals surface area contributed by atoms with Crippen LogP contribution in [0.25, 0.3) is 0 Å². The third-order valence-corrected chi connectivity index (χ3v) is 5.33. The third-order valence-electron chi connectivity index (χ3n) is 5.33. The number of carboxylic acid groups (broad SMARTS) is 2. The minimum absolute atomic E-state index is 0.0234. The maximum atomic E-state index is 13.1. The van der Waals surface area contributed by atoms with Gasteiger partial charge in [-0.05, 0) is 44.6 Å². The first-order valence-corrected chi connectivity index (χ1v) is 10.5. The van der Waals surface area contributed by atoms with Crippen molar-refractivity contribution in [3.63, 3.8) is 0 Å². The van der Waals surface area contributed by atoms with Crippen molar-refractivity contribution in [2.75, 3.05) is 13.2 Å². The number of rotatable bonds is 12. The second kappa shape index (κ2) is 12.0. The minimum atomic E-state index is -1.11. The molecule has 0 aliphatic carbocycles. The molecule has 1 heterocycles. The fraction of sp³-hybridized carbons (Fsp3) is 0.545. The molecule has 1 fully saturated rings. The number of benzene rings is 1. The van der Waals surface area contributed by atoms with Crippen molar-refractivity contribution in [1.82, 2.24) is 10.2 Å². The molecule has 0 radical (unpaired) electrons. The van der Waals surface area contributed by atoms with Crippen molar-refractivity contribution in [1.29, 1.82) is 0 Å². The Morgan fingerprint density at radius 1 is 1.13 bits per heavy atom. The van der Waals surface area contributed by atoms with Crippen LogP contribution in [0.2, 0.25) is 0 Å². The standard InChI is InChI=1S/C22H30N2O7/c1-2-31-19(25)13-12-16(20(26)24-14-6-9-18(24)22(29)30)23-17(21(27)28)11-10-15-7-4-3-5-8-15/h3-5,7-8,16-18,23H,2,6,9-14H2,1H3,(H,27,28)(H,29,30)/t16?,17?,18-/m0/s1. The van der Waals surface area contributed by atoms with E-state index in [1.54, 1.807) is 6.92 Å². The first kappa shape index (κ1) is 24.3. The van der Waals surface area contributed by atoms with Crippen molar-refractivity contribution >= 4 is 23.8 Å². The van der Waals surface area contributed by atoms with E-state index in [1.807, 2.05) is 30.3 Å². The predicted molar refractivity (Wildman–Crippen MR) is 111 cm³/mol. The first-order valence-electron chi connectivity index (χ1n) is 10.5. The molecule has 0 saturated carbocycles. The smallest absolute Gasteiger partial charge is 0.326 e. The largest absolute Gasteiger partial charge is 0.480 e. The molecule has 31 heavy (non-hydrogen) atoms. The van der Waals surface area contributed by atoms with Gasteiger partial charge in [-0.1, -0.05) is 30.3 Å². The van der Waals surface area contributed by atoms with Crippen LogP contribution in [0.1, 0.15) is 44.6 Å². The van der Waals surface area contributed by atoms with E-state index < -0.39 is 41.9 Å². The van der Waals surface area contributed by atoms with E-state index >= 15 is 0 Å². The van der Waals surface area contributed by atoms with Gasteiger partial charge in [0.25, 0.3) is 0 Å². The van der Waals surface area contributed by atoms with Crippen LogP contribution in [0.4, 0.5) is 0 Å². The predicted octanol–water partition coefficient (Wildman–Crippen LogP) is 1.45. The van der Waals surface area contributed by atoms with Gasteiger partial charge in [0, 0.05) is 13.0 Å². The lowest BCUT2D eigenvalue weighted by Gasteiger charge is -2.29. The average molecular weight is 434 g/mol. The van der Waals surface area contributed by atoms with Gasteiger partial charge in [0.2, 0.25) is 5.91 Å². The number of likely N-dealkylation sites (tertiary alicyclic amines) is 1. The van der Waals surface area contributed by atoms with Gasteiger partial charge in [0.15, 0.2) is 0 Å². The van der Waals surface area contributed by atoms with Gasteiger partial charge in [-0.15, -0.1) is 0 Å². The molecule has 1 amide bonds. The van der Waals surface area contributed by atoms with Crippen molar-refractivity contribution in [2.45, 2.75) is 63.6 Å². The van der Waals surface area contributed by atoms with Crippen LogP contribution in [0.15, 0.2) is 30.3 Å². The van der Waals surface area contributed by atoms with Crippen molar-refractivity contribution in [2.24, 2.45) is 0 Å². The number of aryl methyl sites for hydroxylation is 1. The number of amides is 1. The highest BCUT2D eigenvalue weighted by molar-refractivity contribution is 5.88. The molecule has 1 aliphatic rings. The normalized spacial score (nSPS) is 17.7. The Hall–Kier alpha value is -2.94. The van der Waals surface area contributed by atoms with Crippen LogP contribution in [0, 0.1) is 0 Å². The van der Waals surface area contributed by atoms with Crippen molar-refractivity contribution in [3.05, 3.63) is 35.9 Å². The zero-order valence-electron chi connectivity index (χ0n) is 17.7. The molecule has 3 atom stereocenters. The lowest BCUT2D eigenvalue weighted by molar-refractivity contribution is -0.150. The van der Waals surface area contributed by atoms with Gasteiger partial charge in [-0.3, -0.25) is 19.7 Å². The summed E-state index contributed by atoms with van der Waals surface area (Å²) in [5.74, 6) is -3.19. The molecule has 2 rings (SSSR count). The molecular formula is C22H30N2O7. The molecule has 9 nitrogen and oxygen atoms in total. The molecule has 1 aliphatic heterocycles. The highest BCUT2D eigenvalue weighted by Gasteiger charge is 2.38. The minimum Gasteiger partial charge on any atom is -0.480 e. The van der Waals surface area contributed by atoms with Gasteiger partial charge in [-0.2, -0.15) is 0 Å². The molecular weight excluding hydrogens is 404 g/mol. The maximum Gasteiger partial charge on any atom is 0.326 e. The van der Waals surface area contributed by atoms with Crippen molar-refractivity contribution < 1.29 is 34.1 Å². The topological polar surface area (TPSA) is 133 Å². The molecule has 1 aromatic carbocycles. The number of esters is 1. The highest BCUT2D eigenvalue weighted by Crippen LogP contribution is 2.20. The van der Waals surface area contributed by atoms with Crippen LogP contribution >= 0.6 is 0 Å². The molecule has 2 unspecified atom stereocenters. The molecule has 0 bridgehead atoms. The average Bonchev–Trinajstić information content (AvgIpc) is 3.24. The van der Waals surface area contributed by atoms with Gasteiger partial charge in [-0.25, -0.2) is 4.79 Å². The number of hydrogen-bond donors (Lipinski definition) is 3. The van der Waals surface area contributed by atoms with E-state index in [4.69, 9.17) is 4.74 Å². The Morgan fingerprint density at radius 2 is 1.84 bits per heavy atom. The van der Waals surface area contributed by atoms with Gasteiger partial charge in [0.1, 0.15) is 12.1 Å². The number of nitrogens with one attached hydrogen (secondary N) is 1. The summed E-state index contributed by atoms with van der Waals surface area (Å²) in [6.45, 7) is 2.16. The summed E-state index contributed by atoms with van der Waals surface area (Å²) < 4.78 is 4.91. The summed E-state index contributed by atoms with van der Waals surface area (Å²) in [6.07, 6.45) is 1.59. The maximum absolute atomic E-state index is 13.1.